The van der Waals surface area contributed by atoms with Gasteiger partial charge in [0.25, 0.3) is 0 Å². The average molecular weight is 345 g/mol. The molecule has 0 unspecified atom stereocenters. The second kappa shape index (κ2) is 7.90. The van der Waals surface area contributed by atoms with E-state index in [-0.39, 0.29) is 0 Å². The van der Waals surface area contributed by atoms with Crippen molar-refractivity contribution in [1.82, 2.24) is 5.32 Å². The monoisotopic (exact) mass is 343 g/mol. The zero-order valence-corrected chi connectivity index (χ0v) is 13.9. The van der Waals surface area contributed by atoms with Crippen LogP contribution >= 0.6 is 34.8 Å². The molecule has 2 rings (SSSR count). The Labute approximate surface area is 140 Å². The van der Waals surface area contributed by atoms with Crippen LogP contribution in [0.25, 0.3) is 0 Å². The first-order chi connectivity index (χ1) is 10.1. The van der Waals surface area contributed by atoms with E-state index in [1.807, 2.05) is 12.1 Å². The van der Waals surface area contributed by atoms with Gasteiger partial charge in [-0.1, -0.05) is 47.8 Å². The molecule has 0 aromatic heterocycles. The first kappa shape index (κ1) is 16.4. The Morgan fingerprint density at radius 1 is 1.00 bits per heavy atom. The van der Waals surface area contributed by atoms with Crippen LogP contribution in [0.4, 0.5) is 0 Å². The third-order valence-corrected chi connectivity index (χ3v) is 3.79. The molecule has 1 N–H and O–H groups in total. The Balaban J connectivity index is 2.11. The molecular weight excluding hydrogens is 329 g/mol. The van der Waals surface area contributed by atoms with Crippen molar-refractivity contribution in [2.24, 2.45) is 0 Å². The Hall–Kier alpha value is -0.930. The summed E-state index contributed by atoms with van der Waals surface area (Å²) in [4.78, 5) is 0. The van der Waals surface area contributed by atoms with Gasteiger partial charge < -0.3 is 10.1 Å². The molecule has 0 saturated heterocycles. The van der Waals surface area contributed by atoms with Gasteiger partial charge in [-0.25, -0.2) is 0 Å². The number of nitrogens with one attached hydrogen (secondary N) is 1. The lowest BCUT2D eigenvalue weighted by Crippen LogP contribution is -2.13. The first-order valence-corrected chi connectivity index (χ1v) is 7.85. The van der Waals surface area contributed by atoms with Crippen LogP contribution in [0.3, 0.4) is 0 Å². The van der Waals surface area contributed by atoms with Crippen molar-refractivity contribution in [1.29, 1.82) is 0 Å². The maximum Gasteiger partial charge on any atom is 0.147 e. The molecule has 2 aromatic carbocycles. The third kappa shape index (κ3) is 4.79. The molecule has 0 aliphatic heterocycles. The average Bonchev–Trinajstić information content (AvgIpc) is 2.45. The lowest BCUT2D eigenvalue weighted by Gasteiger charge is -2.11. The zero-order valence-electron chi connectivity index (χ0n) is 11.6. The maximum absolute atomic E-state index is 6.27. The second-order valence-corrected chi connectivity index (χ2v) is 5.86. The fourth-order valence-electron chi connectivity index (χ4n) is 1.82. The highest BCUT2D eigenvalue weighted by Crippen LogP contribution is 2.33. The molecular formula is C16H16Cl3NO. The van der Waals surface area contributed by atoms with Gasteiger partial charge in [0, 0.05) is 22.7 Å². The minimum absolute atomic E-state index is 0.504. The Morgan fingerprint density at radius 2 is 1.81 bits per heavy atom. The van der Waals surface area contributed by atoms with Gasteiger partial charge in [0.2, 0.25) is 0 Å². The normalized spacial score (nSPS) is 10.7. The summed E-state index contributed by atoms with van der Waals surface area (Å²) in [5.41, 5.74) is 1.04. The van der Waals surface area contributed by atoms with Crippen molar-refractivity contribution in [3.8, 4) is 11.5 Å². The van der Waals surface area contributed by atoms with Gasteiger partial charge >= 0.3 is 0 Å². The molecule has 21 heavy (non-hydrogen) atoms. The van der Waals surface area contributed by atoms with Crippen LogP contribution in [0.5, 0.6) is 11.5 Å². The smallest absolute Gasteiger partial charge is 0.147 e. The van der Waals surface area contributed by atoms with Crippen LogP contribution in [-0.2, 0) is 6.54 Å². The van der Waals surface area contributed by atoms with Crippen LogP contribution in [0.1, 0.15) is 18.9 Å². The minimum Gasteiger partial charge on any atom is -0.456 e. The Kier molecular flexibility index (Phi) is 6.19. The molecule has 0 radical (unpaired) electrons. The number of ether oxygens (including phenoxy) is 1. The molecule has 0 aliphatic carbocycles. The van der Waals surface area contributed by atoms with E-state index >= 15 is 0 Å². The van der Waals surface area contributed by atoms with Gasteiger partial charge in [0.05, 0.1) is 5.02 Å². The lowest BCUT2D eigenvalue weighted by atomic mass is 10.2. The number of halogens is 3. The molecule has 2 nitrogen and oxygen atoms in total. The third-order valence-electron chi connectivity index (χ3n) is 2.89. The van der Waals surface area contributed by atoms with E-state index in [1.54, 1.807) is 24.3 Å². The summed E-state index contributed by atoms with van der Waals surface area (Å²) in [6.07, 6.45) is 1.09. The Morgan fingerprint density at radius 3 is 2.52 bits per heavy atom. The first-order valence-electron chi connectivity index (χ1n) is 6.72. The van der Waals surface area contributed by atoms with Gasteiger partial charge in [-0.05, 0) is 42.8 Å². The summed E-state index contributed by atoms with van der Waals surface area (Å²) in [5, 5.41) is 5.05. The zero-order chi connectivity index (χ0) is 15.2. The van der Waals surface area contributed by atoms with E-state index in [0.717, 1.165) is 25.1 Å². The highest BCUT2D eigenvalue weighted by molar-refractivity contribution is 6.34. The molecule has 5 heteroatoms. The van der Waals surface area contributed by atoms with Gasteiger partial charge in [-0.2, -0.15) is 0 Å². The molecule has 0 atom stereocenters. The van der Waals surface area contributed by atoms with Crippen LogP contribution in [0.2, 0.25) is 15.1 Å². The summed E-state index contributed by atoms with van der Waals surface area (Å²) in [6, 6.07) is 10.7. The SMILES string of the molecule is CCCNCc1ccc(Oc2cc(Cl)ccc2Cl)cc1Cl. The van der Waals surface area contributed by atoms with Crippen LogP contribution in [-0.4, -0.2) is 6.54 Å². The van der Waals surface area contributed by atoms with Crippen LogP contribution in [0, 0.1) is 0 Å². The second-order valence-electron chi connectivity index (χ2n) is 4.61. The molecule has 2 aromatic rings. The fraction of sp³-hybridized carbons (Fsp3) is 0.250. The van der Waals surface area contributed by atoms with E-state index in [0.29, 0.717) is 26.6 Å². The van der Waals surface area contributed by atoms with Crippen molar-refractivity contribution < 1.29 is 4.74 Å². The maximum atomic E-state index is 6.27. The summed E-state index contributed by atoms with van der Waals surface area (Å²) in [6.45, 7) is 3.83. The Bertz CT molecular complexity index is 616. The van der Waals surface area contributed by atoms with Gasteiger partial charge in [-0.3, -0.25) is 0 Å². The molecule has 0 aliphatic rings. The number of rotatable bonds is 6. The van der Waals surface area contributed by atoms with Crippen molar-refractivity contribution >= 4 is 34.8 Å². The molecule has 112 valence electrons. The van der Waals surface area contributed by atoms with Gasteiger partial charge in [0.1, 0.15) is 11.5 Å². The summed E-state index contributed by atoms with van der Waals surface area (Å²) >= 11 is 18.3. The van der Waals surface area contributed by atoms with Crippen molar-refractivity contribution in [3.05, 3.63) is 57.0 Å². The van der Waals surface area contributed by atoms with Crippen molar-refractivity contribution in [3.63, 3.8) is 0 Å². The van der Waals surface area contributed by atoms with E-state index < -0.39 is 0 Å². The lowest BCUT2D eigenvalue weighted by molar-refractivity contribution is 0.482. The summed E-state index contributed by atoms with van der Waals surface area (Å²) in [5.74, 6) is 1.14. The van der Waals surface area contributed by atoms with Crippen molar-refractivity contribution in [2.75, 3.05) is 6.54 Å². The summed E-state index contributed by atoms with van der Waals surface area (Å²) < 4.78 is 5.73. The predicted octanol–water partition coefficient (Wildman–Crippen LogP) is 5.94. The highest BCUT2D eigenvalue weighted by atomic mass is 35.5. The molecule has 0 heterocycles. The van der Waals surface area contributed by atoms with Gasteiger partial charge in [-0.15, -0.1) is 0 Å². The van der Waals surface area contributed by atoms with E-state index in [9.17, 15) is 0 Å². The fourth-order valence-corrected chi connectivity index (χ4v) is 2.37. The molecule has 0 spiro atoms. The summed E-state index contributed by atoms with van der Waals surface area (Å²) in [7, 11) is 0. The topological polar surface area (TPSA) is 21.3 Å². The number of hydrogen-bond donors (Lipinski definition) is 1. The highest BCUT2D eigenvalue weighted by Gasteiger charge is 2.07. The van der Waals surface area contributed by atoms with E-state index in [4.69, 9.17) is 39.5 Å². The largest absolute Gasteiger partial charge is 0.456 e. The molecule has 0 saturated carbocycles. The molecule has 0 fully saturated rings. The number of benzene rings is 2. The van der Waals surface area contributed by atoms with Crippen molar-refractivity contribution in [2.45, 2.75) is 19.9 Å². The molecule has 0 amide bonds. The quantitative estimate of drug-likeness (QED) is 0.655. The number of hydrogen-bond acceptors (Lipinski definition) is 2. The molecule has 0 bridgehead atoms. The predicted molar refractivity (Wildman–Crippen MR) is 90.0 cm³/mol. The minimum atomic E-state index is 0.504. The van der Waals surface area contributed by atoms with Gasteiger partial charge in [0.15, 0.2) is 0 Å². The van der Waals surface area contributed by atoms with E-state index in [1.165, 1.54) is 0 Å². The van der Waals surface area contributed by atoms with Crippen LogP contribution in [0.15, 0.2) is 36.4 Å². The standard InChI is InChI=1S/C16H16Cl3NO/c1-2-7-20-10-11-3-5-13(9-15(11)19)21-16-8-12(17)4-6-14(16)18/h3-6,8-9,20H,2,7,10H2,1H3. The van der Waals surface area contributed by atoms with E-state index in [2.05, 4.69) is 12.2 Å². The van der Waals surface area contributed by atoms with Crippen LogP contribution < -0.4 is 10.1 Å².